The first-order valence-electron chi connectivity index (χ1n) is 7.92. The first-order valence-corrected chi connectivity index (χ1v) is 7.92. The van der Waals surface area contributed by atoms with E-state index >= 15 is 0 Å². The van der Waals surface area contributed by atoms with Crippen LogP contribution in [-0.2, 0) is 12.8 Å². The summed E-state index contributed by atoms with van der Waals surface area (Å²) < 4.78 is 21.4. The van der Waals surface area contributed by atoms with Crippen molar-refractivity contribution in [1.82, 2.24) is 10.1 Å². The molecule has 0 saturated carbocycles. The lowest BCUT2D eigenvalue weighted by Crippen LogP contribution is -1.98. The molecule has 0 aliphatic heterocycles. The summed E-state index contributed by atoms with van der Waals surface area (Å²) >= 11 is 0. The van der Waals surface area contributed by atoms with Crippen LogP contribution in [0.4, 0.5) is 0 Å². The second-order valence-electron chi connectivity index (χ2n) is 5.41. The van der Waals surface area contributed by atoms with E-state index in [0.29, 0.717) is 41.8 Å². The molecule has 0 aliphatic carbocycles. The standard InChI is InChI=1S/C19H20N2O4/c1-22-15-11-13(12-16(23-2)18(15)24-3)9-10-17-20-19(21-25-17)14-7-5-4-6-8-14/h4-8,11-12H,9-10H2,1-3H3. The summed E-state index contributed by atoms with van der Waals surface area (Å²) in [6.07, 6.45) is 1.34. The van der Waals surface area contributed by atoms with Crippen molar-refractivity contribution in [3.63, 3.8) is 0 Å². The zero-order chi connectivity index (χ0) is 17.6. The lowest BCUT2D eigenvalue weighted by molar-refractivity contribution is 0.323. The Balaban J connectivity index is 1.75. The minimum atomic E-state index is 0.581. The molecule has 0 amide bonds. The fraction of sp³-hybridized carbons (Fsp3) is 0.263. The number of aryl methyl sites for hydroxylation is 2. The Kier molecular flexibility index (Phi) is 5.18. The van der Waals surface area contributed by atoms with Gasteiger partial charge in [0, 0.05) is 12.0 Å². The Morgan fingerprint density at radius 3 is 2.16 bits per heavy atom. The first kappa shape index (κ1) is 16.8. The number of aromatic nitrogens is 2. The molecule has 1 aromatic heterocycles. The van der Waals surface area contributed by atoms with Gasteiger partial charge in [-0.2, -0.15) is 4.98 Å². The molecule has 0 radical (unpaired) electrons. The zero-order valence-corrected chi connectivity index (χ0v) is 14.5. The summed E-state index contributed by atoms with van der Waals surface area (Å²) in [6, 6.07) is 13.6. The van der Waals surface area contributed by atoms with Crippen molar-refractivity contribution in [1.29, 1.82) is 0 Å². The zero-order valence-electron chi connectivity index (χ0n) is 14.5. The van der Waals surface area contributed by atoms with Gasteiger partial charge in [0.15, 0.2) is 11.5 Å². The summed E-state index contributed by atoms with van der Waals surface area (Å²) in [7, 11) is 4.79. The van der Waals surface area contributed by atoms with Crippen molar-refractivity contribution in [2.24, 2.45) is 0 Å². The number of hydrogen-bond donors (Lipinski definition) is 0. The smallest absolute Gasteiger partial charge is 0.227 e. The summed E-state index contributed by atoms with van der Waals surface area (Å²) in [5.74, 6) is 3.03. The number of ether oxygens (including phenoxy) is 3. The van der Waals surface area contributed by atoms with Gasteiger partial charge in [0.05, 0.1) is 21.3 Å². The molecule has 0 unspecified atom stereocenters. The van der Waals surface area contributed by atoms with Gasteiger partial charge < -0.3 is 18.7 Å². The lowest BCUT2D eigenvalue weighted by Gasteiger charge is -2.13. The Hall–Kier alpha value is -3.02. The maximum Gasteiger partial charge on any atom is 0.227 e. The van der Waals surface area contributed by atoms with E-state index in [4.69, 9.17) is 18.7 Å². The molecule has 25 heavy (non-hydrogen) atoms. The molecule has 2 aromatic carbocycles. The average molecular weight is 340 g/mol. The van der Waals surface area contributed by atoms with Gasteiger partial charge in [-0.05, 0) is 24.1 Å². The molecule has 6 heteroatoms. The Bertz CT molecular complexity index is 805. The van der Waals surface area contributed by atoms with E-state index in [1.54, 1.807) is 21.3 Å². The molecule has 0 N–H and O–H groups in total. The highest BCUT2D eigenvalue weighted by Crippen LogP contribution is 2.38. The maximum atomic E-state index is 5.38. The van der Waals surface area contributed by atoms with Crippen molar-refractivity contribution >= 4 is 0 Å². The number of methoxy groups -OCH3 is 3. The summed E-state index contributed by atoms with van der Waals surface area (Å²) in [5, 5.41) is 4.04. The molecule has 0 atom stereocenters. The SMILES string of the molecule is COc1cc(CCc2nc(-c3ccccc3)no2)cc(OC)c1OC. The van der Waals surface area contributed by atoms with Gasteiger partial charge in [0.2, 0.25) is 17.5 Å². The average Bonchev–Trinajstić information content (AvgIpc) is 3.15. The molecule has 130 valence electrons. The van der Waals surface area contributed by atoms with Gasteiger partial charge in [0.25, 0.3) is 0 Å². The first-order chi connectivity index (χ1) is 12.2. The predicted octanol–water partition coefficient (Wildman–Crippen LogP) is 3.55. The molecule has 0 saturated heterocycles. The van der Waals surface area contributed by atoms with Crippen LogP contribution < -0.4 is 14.2 Å². The van der Waals surface area contributed by atoms with Crippen molar-refractivity contribution in [2.75, 3.05) is 21.3 Å². The van der Waals surface area contributed by atoms with Gasteiger partial charge in [0.1, 0.15) is 0 Å². The van der Waals surface area contributed by atoms with E-state index in [0.717, 1.165) is 11.1 Å². The third-order valence-electron chi connectivity index (χ3n) is 3.85. The van der Waals surface area contributed by atoms with E-state index in [1.807, 2.05) is 42.5 Å². The molecule has 0 aliphatic rings. The highest BCUT2D eigenvalue weighted by molar-refractivity contribution is 5.54. The van der Waals surface area contributed by atoms with E-state index < -0.39 is 0 Å². The Morgan fingerprint density at radius 2 is 1.56 bits per heavy atom. The topological polar surface area (TPSA) is 66.6 Å². The van der Waals surface area contributed by atoms with E-state index in [9.17, 15) is 0 Å². The molecule has 1 heterocycles. The molecule has 0 fully saturated rings. The van der Waals surface area contributed by atoms with Gasteiger partial charge in [-0.3, -0.25) is 0 Å². The van der Waals surface area contributed by atoms with Crippen LogP contribution in [0.2, 0.25) is 0 Å². The van der Waals surface area contributed by atoms with Crippen LogP contribution in [0, 0.1) is 0 Å². The molecule has 6 nitrogen and oxygen atoms in total. The van der Waals surface area contributed by atoms with Crippen molar-refractivity contribution in [2.45, 2.75) is 12.8 Å². The third kappa shape index (κ3) is 3.74. The van der Waals surface area contributed by atoms with Gasteiger partial charge in [-0.1, -0.05) is 35.5 Å². The lowest BCUT2D eigenvalue weighted by atomic mass is 10.1. The van der Waals surface area contributed by atoms with Crippen LogP contribution in [0.5, 0.6) is 17.2 Å². The van der Waals surface area contributed by atoms with Gasteiger partial charge in [-0.25, -0.2) is 0 Å². The number of benzene rings is 2. The number of nitrogens with zero attached hydrogens (tertiary/aromatic N) is 2. The molecule has 0 bridgehead atoms. The normalized spacial score (nSPS) is 10.5. The van der Waals surface area contributed by atoms with Crippen molar-refractivity contribution < 1.29 is 18.7 Å². The van der Waals surface area contributed by atoms with Crippen LogP contribution in [0.25, 0.3) is 11.4 Å². The quantitative estimate of drug-likeness (QED) is 0.655. The summed E-state index contributed by atoms with van der Waals surface area (Å²) in [4.78, 5) is 4.45. The fourth-order valence-corrected chi connectivity index (χ4v) is 2.59. The van der Waals surface area contributed by atoms with Crippen LogP contribution in [0.1, 0.15) is 11.5 Å². The van der Waals surface area contributed by atoms with Crippen LogP contribution in [0.15, 0.2) is 47.0 Å². The highest BCUT2D eigenvalue weighted by Gasteiger charge is 2.14. The minimum Gasteiger partial charge on any atom is -0.493 e. The largest absolute Gasteiger partial charge is 0.493 e. The monoisotopic (exact) mass is 340 g/mol. The van der Waals surface area contributed by atoms with Crippen molar-refractivity contribution in [3.05, 3.63) is 53.9 Å². The number of rotatable bonds is 7. The molecular weight excluding hydrogens is 320 g/mol. The molecule has 3 rings (SSSR count). The second-order valence-corrected chi connectivity index (χ2v) is 5.41. The van der Waals surface area contributed by atoms with E-state index in [2.05, 4.69) is 10.1 Å². The summed E-state index contributed by atoms with van der Waals surface area (Å²) in [5.41, 5.74) is 1.97. The predicted molar refractivity (Wildman–Crippen MR) is 93.2 cm³/mol. The van der Waals surface area contributed by atoms with Crippen LogP contribution >= 0.6 is 0 Å². The Labute approximate surface area is 146 Å². The van der Waals surface area contributed by atoms with Gasteiger partial charge >= 0.3 is 0 Å². The molecule has 3 aromatic rings. The highest BCUT2D eigenvalue weighted by atomic mass is 16.5. The second kappa shape index (κ2) is 7.70. The Morgan fingerprint density at radius 1 is 0.880 bits per heavy atom. The minimum absolute atomic E-state index is 0.581. The number of hydrogen-bond acceptors (Lipinski definition) is 6. The van der Waals surface area contributed by atoms with E-state index in [-0.39, 0.29) is 0 Å². The molecular formula is C19H20N2O4. The van der Waals surface area contributed by atoms with Crippen LogP contribution in [-0.4, -0.2) is 31.5 Å². The van der Waals surface area contributed by atoms with Crippen molar-refractivity contribution in [3.8, 4) is 28.6 Å². The van der Waals surface area contributed by atoms with Crippen LogP contribution in [0.3, 0.4) is 0 Å². The third-order valence-corrected chi connectivity index (χ3v) is 3.85. The molecule has 0 spiro atoms. The fourth-order valence-electron chi connectivity index (χ4n) is 2.59. The van der Waals surface area contributed by atoms with E-state index in [1.165, 1.54) is 0 Å². The van der Waals surface area contributed by atoms with Gasteiger partial charge in [-0.15, -0.1) is 0 Å². The maximum absolute atomic E-state index is 5.38. The summed E-state index contributed by atoms with van der Waals surface area (Å²) in [6.45, 7) is 0.